The highest BCUT2D eigenvalue weighted by atomic mass is 35.5. The van der Waals surface area contributed by atoms with Gasteiger partial charge in [0.1, 0.15) is 0 Å². The summed E-state index contributed by atoms with van der Waals surface area (Å²) in [6.45, 7) is 0. The van der Waals surface area contributed by atoms with Crippen molar-refractivity contribution >= 4 is 27.3 Å². The number of anilines is 1. The van der Waals surface area contributed by atoms with Crippen LogP contribution in [-0.4, -0.2) is 14.7 Å². The van der Waals surface area contributed by atoms with Gasteiger partial charge in [0.05, 0.1) is 22.5 Å². The normalized spacial score (nSPS) is 12.6. The van der Waals surface area contributed by atoms with Crippen molar-refractivity contribution in [1.82, 2.24) is 0 Å². The fourth-order valence-electron chi connectivity index (χ4n) is 1.05. The van der Waals surface area contributed by atoms with Gasteiger partial charge in [0.25, 0.3) is 0 Å². The molecule has 0 spiro atoms. The Balaban J connectivity index is 3.36. The molecule has 0 fully saturated rings. The van der Waals surface area contributed by atoms with Crippen molar-refractivity contribution in [2.24, 2.45) is 0 Å². The molecule has 1 aromatic rings. The van der Waals surface area contributed by atoms with Crippen LogP contribution in [0, 0.1) is 0 Å². The van der Waals surface area contributed by atoms with Crippen molar-refractivity contribution in [1.29, 1.82) is 0 Å². The van der Waals surface area contributed by atoms with Gasteiger partial charge in [-0.25, -0.2) is 8.42 Å². The van der Waals surface area contributed by atoms with Crippen LogP contribution in [0.15, 0.2) is 18.2 Å². The number of para-hydroxylation sites is 1. The number of halogens is 4. The van der Waals surface area contributed by atoms with E-state index in [4.69, 9.17) is 11.6 Å². The second-order valence-corrected chi connectivity index (χ2v) is 5.19. The summed E-state index contributed by atoms with van der Waals surface area (Å²) in [6.07, 6.45) is -3.92. The molecule has 1 N–H and O–H groups in total. The maximum absolute atomic E-state index is 12.5. The molecular weight excluding hydrogens is 267 g/mol. The smallest absolute Gasteiger partial charge is 0.282 e. The van der Waals surface area contributed by atoms with E-state index in [9.17, 15) is 21.6 Å². The van der Waals surface area contributed by atoms with Gasteiger partial charge in [0.2, 0.25) is 10.0 Å². The third-order valence-electron chi connectivity index (χ3n) is 1.61. The van der Waals surface area contributed by atoms with Crippen LogP contribution in [0.1, 0.15) is 5.56 Å². The van der Waals surface area contributed by atoms with Gasteiger partial charge in [-0.2, -0.15) is 13.2 Å². The summed E-state index contributed by atoms with van der Waals surface area (Å²) in [5, 5.41) is -0.305. The van der Waals surface area contributed by atoms with Gasteiger partial charge in [-0.1, -0.05) is 17.7 Å². The number of nitrogens with one attached hydrogen (secondary N) is 1. The van der Waals surface area contributed by atoms with E-state index in [1.807, 2.05) is 0 Å². The van der Waals surface area contributed by atoms with Gasteiger partial charge < -0.3 is 0 Å². The first-order chi connectivity index (χ1) is 7.11. The van der Waals surface area contributed by atoms with Crippen molar-refractivity contribution in [2.75, 3.05) is 11.0 Å². The summed E-state index contributed by atoms with van der Waals surface area (Å²) in [5.41, 5.74) is -1.77. The molecule has 0 aromatic heterocycles. The summed E-state index contributed by atoms with van der Waals surface area (Å²) < 4.78 is 61.1. The van der Waals surface area contributed by atoms with Crippen molar-refractivity contribution in [3.05, 3.63) is 28.8 Å². The zero-order valence-corrected chi connectivity index (χ0v) is 9.54. The van der Waals surface area contributed by atoms with Crippen LogP contribution in [0.5, 0.6) is 0 Å². The molecule has 90 valence electrons. The molecule has 0 aliphatic carbocycles. The third-order valence-corrected chi connectivity index (χ3v) is 2.50. The van der Waals surface area contributed by atoms with Crippen LogP contribution in [0.2, 0.25) is 5.02 Å². The molecule has 0 aliphatic rings. The molecule has 0 aliphatic heterocycles. The predicted molar refractivity (Wildman–Crippen MR) is 54.9 cm³/mol. The lowest BCUT2D eigenvalue weighted by Gasteiger charge is -2.14. The lowest BCUT2D eigenvalue weighted by atomic mass is 10.2. The second-order valence-electron chi connectivity index (χ2n) is 3.03. The Morgan fingerprint density at radius 1 is 1.31 bits per heavy atom. The van der Waals surface area contributed by atoms with E-state index in [-0.39, 0.29) is 5.02 Å². The van der Waals surface area contributed by atoms with E-state index in [0.717, 1.165) is 18.4 Å². The Hall–Kier alpha value is -0.950. The molecule has 0 saturated heterocycles. The van der Waals surface area contributed by atoms with E-state index >= 15 is 0 Å². The Bertz CT molecular complexity index is 498. The third kappa shape index (κ3) is 3.28. The molecule has 0 atom stereocenters. The van der Waals surface area contributed by atoms with Crippen molar-refractivity contribution < 1.29 is 21.6 Å². The van der Waals surface area contributed by atoms with Crippen molar-refractivity contribution in [2.45, 2.75) is 6.18 Å². The van der Waals surface area contributed by atoms with Gasteiger partial charge in [0, 0.05) is 0 Å². The molecule has 8 heteroatoms. The molecule has 0 bridgehead atoms. The minimum Gasteiger partial charge on any atom is -0.282 e. The van der Waals surface area contributed by atoms with Crippen LogP contribution in [-0.2, 0) is 16.2 Å². The molecule has 0 amide bonds. The molecule has 0 radical (unpaired) electrons. The molecule has 1 aromatic carbocycles. The van der Waals surface area contributed by atoms with E-state index in [0.29, 0.717) is 0 Å². The van der Waals surface area contributed by atoms with Crippen LogP contribution < -0.4 is 4.72 Å². The number of alkyl halides is 3. The number of sulfonamides is 1. The van der Waals surface area contributed by atoms with Crippen LogP contribution >= 0.6 is 11.6 Å². The van der Waals surface area contributed by atoms with Gasteiger partial charge in [-0.05, 0) is 12.1 Å². The number of hydrogen-bond acceptors (Lipinski definition) is 2. The van der Waals surface area contributed by atoms with Crippen molar-refractivity contribution in [3.8, 4) is 0 Å². The van der Waals surface area contributed by atoms with E-state index in [1.165, 1.54) is 6.07 Å². The molecule has 16 heavy (non-hydrogen) atoms. The zero-order chi connectivity index (χ0) is 12.6. The zero-order valence-electron chi connectivity index (χ0n) is 7.97. The first-order valence-corrected chi connectivity index (χ1v) is 6.22. The fraction of sp³-hybridized carbons (Fsp3) is 0.250. The number of benzene rings is 1. The summed E-state index contributed by atoms with van der Waals surface area (Å²) in [6, 6.07) is 3.02. The van der Waals surface area contributed by atoms with Gasteiger partial charge >= 0.3 is 6.18 Å². The summed E-state index contributed by atoms with van der Waals surface area (Å²) in [7, 11) is -3.82. The largest absolute Gasteiger partial charge is 0.418 e. The minimum atomic E-state index is -4.67. The molecular formula is C8H7ClF3NO2S. The number of rotatable bonds is 2. The highest BCUT2D eigenvalue weighted by Gasteiger charge is 2.34. The van der Waals surface area contributed by atoms with Gasteiger partial charge in [0.15, 0.2) is 0 Å². The Labute approximate surface area is 95.3 Å². The standard InChI is InChI=1S/C8H7ClF3NO2S/c1-16(14,15)13-7-5(8(10,11)12)3-2-4-6(7)9/h2-4,13H,1H3. The maximum atomic E-state index is 12.5. The average Bonchev–Trinajstić information content (AvgIpc) is 2.04. The summed E-state index contributed by atoms with van der Waals surface area (Å²) >= 11 is 5.51. The number of hydrogen-bond donors (Lipinski definition) is 1. The lowest BCUT2D eigenvalue weighted by molar-refractivity contribution is -0.136. The van der Waals surface area contributed by atoms with E-state index in [1.54, 1.807) is 4.72 Å². The molecule has 0 saturated carbocycles. The molecule has 3 nitrogen and oxygen atoms in total. The Kier molecular flexibility index (Phi) is 3.39. The van der Waals surface area contributed by atoms with Gasteiger partial charge in [-0.3, -0.25) is 4.72 Å². The average molecular weight is 274 g/mol. The van der Waals surface area contributed by atoms with Gasteiger partial charge in [-0.15, -0.1) is 0 Å². The maximum Gasteiger partial charge on any atom is 0.418 e. The predicted octanol–water partition coefficient (Wildman–Crippen LogP) is 2.73. The van der Waals surface area contributed by atoms with Crippen LogP contribution in [0.3, 0.4) is 0 Å². The van der Waals surface area contributed by atoms with Crippen molar-refractivity contribution in [3.63, 3.8) is 0 Å². The first kappa shape index (κ1) is 13.1. The topological polar surface area (TPSA) is 46.2 Å². The SMILES string of the molecule is CS(=O)(=O)Nc1c(Cl)cccc1C(F)(F)F. The van der Waals surface area contributed by atoms with E-state index in [2.05, 4.69) is 0 Å². The molecule has 0 unspecified atom stereocenters. The Morgan fingerprint density at radius 3 is 2.31 bits per heavy atom. The van der Waals surface area contributed by atoms with E-state index < -0.39 is 27.5 Å². The minimum absolute atomic E-state index is 0.305. The van der Waals surface area contributed by atoms with Crippen LogP contribution in [0.25, 0.3) is 0 Å². The lowest BCUT2D eigenvalue weighted by Crippen LogP contribution is -2.15. The summed E-state index contributed by atoms with van der Waals surface area (Å²) in [5.74, 6) is 0. The second kappa shape index (κ2) is 4.14. The van der Waals surface area contributed by atoms with Crippen LogP contribution in [0.4, 0.5) is 18.9 Å². The monoisotopic (exact) mass is 273 g/mol. The quantitative estimate of drug-likeness (QED) is 0.900. The molecule has 1 rings (SSSR count). The molecule has 0 heterocycles. The Morgan fingerprint density at radius 2 is 1.88 bits per heavy atom. The summed E-state index contributed by atoms with van der Waals surface area (Å²) in [4.78, 5) is 0. The highest BCUT2D eigenvalue weighted by Crippen LogP contribution is 2.38. The highest BCUT2D eigenvalue weighted by molar-refractivity contribution is 7.92. The first-order valence-electron chi connectivity index (χ1n) is 3.95. The fourth-order valence-corrected chi connectivity index (χ4v) is 1.92.